The van der Waals surface area contributed by atoms with Gasteiger partial charge >= 0.3 is 0 Å². The van der Waals surface area contributed by atoms with Gasteiger partial charge in [0.05, 0.1) is 5.69 Å². The zero-order valence-electron chi connectivity index (χ0n) is 12.1. The fraction of sp³-hybridized carbons (Fsp3) is 0.294. The molecule has 0 radical (unpaired) electrons. The number of aromatic hydroxyl groups is 2. The van der Waals surface area contributed by atoms with Crippen LogP contribution >= 0.6 is 0 Å². The maximum absolute atomic E-state index is 9.95. The molecule has 0 atom stereocenters. The first-order chi connectivity index (χ1) is 9.38. The van der Waals surface area contributed by atoms with Gasteiger partial charge in [-0.2, -0.15) is 0 Å². The first-order valence-corrected chi connectivity index (χ1v) is 6.72. The molecule has 0 fully saturated rings. The van der Waals surface area contributed by atoms with Gasteiger partial charge in [-0.1, -0.05) is 39.0 Å². The molecule has 2 aromatic carbocycles. The topological polar surface area (TPSA) is 52.5 Å². The first-order valence-electron chi connectivity index (χ1n) is 6.72. The van der Waals surface area contributed by atoms with E-state index in [2.05, 4.69) is 26.1 Å². The summed E-state index contributed by atoms with van der Waals surface area (Å²) in [5, 5.41) is 22.8. The molecule has 0 aliphatic rings. The van der Waals surface area contributed by atoms with Gasteiger partial charge in [0.1, 0.15) is 11.5 Å². The summed E-state index contributed by atoms with van der Waals surface area (Å²) in [6.45, 7) is 6.88. The van der Waals surface area contributed by atoms with Crippen LogP contribution in [0, 0.1) is 0 Å². The van der Waals surface area contributed by atoms with Crippen LogP contribution in [0.1, 0.15) is 31.9 Å². The molecule has 2 rings (SSSR count). The highest BCUT2D eigenvalue weighted by Gasteiger charge is 2.15. The summed E-state index contributed by atoms with van der Waals surface area (Å²) < 4.78 is 0. The van der Waals surface area contributed by atoms with Crippen LogP contribution in [0.15, 0.2) is 42.5 Å². The second-order valence-electron chi connectivity index (χ2n) is 5.96. The molecule has 3 nitrogen and oxygen atoms in total. The summed E-state index contributed by atoms with van der Waals surface area (Å²) in [5.74, 6) is 0.472. The van der Waals surface area contributed by atoms with E-state index in [0.717, 1.165) is 5.56 Å². The molecule has 20 heavy (non-hydrogen) atoms. The normalized spacial score (nSPS) is 11.3. The Bertz CT molecular complexity index is 600. The predicted molar refractivity (Wildman–Crippen MR) is 82.2 cm³/mol. The van der Waals surface area contributed by atoms with E-state index in [-0.39, 0.29) is 16.9 Å². The van der Waals surface area contributed by atoms with Gasteiger partial charge in [-0.15, -0.1) is 0 Å². The van der Waals surface area contributed by atoms with Crippen LogP contribution in [-0.2, 0) is 12.0 Å². The van der Waals surface area contributed by atoms with Gasteiger partial charge < -0.3 is 15.5 Å². The quantitative estimate of drug-likeness (QED) is 0.739. The maximum atomic E-state index is 9.95. The van der Waals surface area contributed by atoms with Gasteiger partial charge in [0.2, 0.25) is 0 Å². The Labute approximate surface area is 119 Å². The van der Waals surface area contributed by atoms with Crippen LogP contribution < -0.4 is 5.32 Å². The average Bonchev–Trinajstić information content (AvgIpc) is 2.38. The van der Waals surface area contributed by atoms with Gasteiger partial charge in [-0.3, -0.25) is 0 Å². The molecule has 0 spiro atoms. The third-order valence-electron chi connectivity index (χ3n) is 3.32. The number of rotatable bonds is 3. The fourth-order valence-corrected chi connectivity index (χ4v) is 2.01. The maximum Gasteiger partial charge on any atom is 0.138 e. The number of para-hydroxylation sites is 2. The van der Waals surface area contributed by atoms with Crippen molar-refractivity contribution in [2.24, 2.45) is 0 Å². The average molecular weight is 271 g/mol. The van der Waals surface area contributed by atoms with E-state index in [4.69, 9.17) is 0 Å². The minimum absolute atomic E-state index is 0.0390. The molecule has 0 aliphatic carbocycles. The number of hydrogen-bond donors (Lipinski definition) is 3. The smallest absolute Gasteiger partial charge is 0.138 e. The zero-order chi connectivity index (χ0) is 14.8. The van der Waals surface area contributed by atoms with Crippen LogP contribution in [0.3, 0.4) is 0 Å². The second kappa shape index (κ2) is 5.45. The number of nitrogens with one attached hydrogen (secondary N) is 1. The number of benzene rings is 2. The van der Waals surface area contributed by atoms with Crippen LogP contribution in [0.5, 0.6) is 11.5 Å². The molecule has 0 aliphatic heterocycles. The van der Waals surface area contributed by atoms with Crippen molar-refractivity contribution < 1.29 is 10.2 Å². The molecule has 0 heterocycles. The lowest BCUT2D eigenvalue weighted by atomic mass is 9.86. The van der Waals surface area contributed by atoms with Crippen molar-refractivity contribution in [3.63, 3.8) is 0 Å². The molecule has 0 bridgehead atoms. The van der Waals surface area contributed by atoms with Crippen LogP contribution in [0.4, 0.5) is 5.69 Å². The van der Waals surface area contributed by atoms with E-state index < -0.39 is 0 Å². The Hall–Kier alpha value is -2.16. The highest BCUT2D eigenvalue weighted by atomic mass is 16.3. The van der Waals surface area contributed by atoms with E-state index in [1.807, 2.05) is 18.2 Å². The summed E-state index contributed by atoms with van der Waals surface area (Å²) in [5.41, 5.74) is 2.69. The van der Waals surface area contributed by atoms with Crippen LogP contribution in [0.25, 0.3) is 0 Å². The lowest BCUT2D eigenvalue weighted by molar-refractivity contribution is 0.466. The van der Waals surface area contributed by atoms with Gasteiger partial charge in [0, 0.05) is 12.1 Å². The number of phenols is 2. The van der Waals surface area contributed by atoms with Crippen LogP contribution in [0.2, 0.25) is 0 Å². The summed E-state index contributed by atoms with van der Waals surface area (Å²) in [7, 11) is 0. The predicted octanol–water partition coefficient (Wildman–Crippen LogP) is 4.01. The van der Waals surface area contributed by atoms with Gasteiger partial charge in [0.25, 0.3) is 0 Å². The molecule has 0 aromatic heterocycles. The molecular formula is C17H21NO2. The fourth-order valence-electron chi connectivity index (χ4n) is 2.01. The summed E-state index contributed by atoms with van der Waals surface area (Å²) in [4.78, 5) is 0. The monoisotopic (exact) mass is 271 g/mol. The second-order valence-corrected chi connectivity index (χ2v) is 5.96. The molecule has 106 valence electrons. The van der Waals surface area contributed by atoms with Gasteiger partial charge in [0.15, 0.2) is 0 Å². The highest BCUT2D eigenvalue weighted by molar-refractivity contribution is 5.56. The molecule has 0 saturated carbocycles. The Balaban J connectivity index is 2.19. The lowest BCUT2D eigenvalue weighted by Crippen LogP contribution is -2.12. The van der Waals surface area contributed by atoms with E-state index >= 15 is 0 Å². The number of anilines is 1. The van der Waals surface area contributed by atoms with Crippen molar-refractivity contribution in [1.82, 2.24) is 0 Å². The molecule has 3 heteroatoms. The molecule has 0 amide bonds. The van der Waals surface area contributed by atoms with Crippen molar-refractivity contribution >= 4 is 5.69 Å². The van der Waals surface area contributed by atoms with Crippen molar-refractivity contribution in [3.05, 3.63) is 53.6 Å². The van der Waals surface area contributed by atoms with E-state index in [0.29, 0.717) is 12.2 Å². The van der Waals surface area contributed by atoms with Crippen molar-refractivity contribution in [3.8, 4) is 11.5 Å². The van der Waals surface area contributed by atoms with Crippen molar-refractivity contribution in [1.29, 1.82) is 0 Å². The summed E-state index contributed by atoms with van der Waals surface area (Å²) >= 11 is 0. The molecule has 2 aromatic rings. The molecule has 3 N–H and O–H groups in total. The number of hydrogen-bond acceptors (Lipinski definition) is 3. The van der Waals surface area contributed by atoms with Crippen molar-refractivity contribution in [2.45, 2.75) is 32.7 Å². The van der Waals surface area contributed by atoms with Crippen LogP contribution in [-0.4, -0.2) is 10.2 Å². The number of phenolic OH excluding ortho intramolecular Hbond substituents is 2. The third-order valence-corrected chi connectivity index (χ3v) is 3.32. The molecule has 0 saturated heterocycles. The minimum atomic E-state index is 0.0390. The standard InChI is InChI=1S/C17H21NO2/c1-17(2,3)13-8-9-15(19)12(10-13)11-18-14-6-4-5-7-16(14)20/h4-10,18-20H,11H2,1-3H3. The minimum Gasteiger partial charge on any atom is -0.508 e. The van der Waals surface area contributed by atoms with E-state index in [9.17, 15) is 10.2 Å². The summed E-state index contributed by atoms with van der Waals surface area (Å²) in [6, 6.07) is 12.7. The lowest BCUT2D eigenvalue weighted by Gasteiger charge is -2.20. The summed E-state index contributed by atoms with van der Waals surface area (Å²) in [6.07, 6.45) is 0. The highest BCUT2D eigenvalue weighted by Crippen LogP contribution is 2.29. The Morgan fingerprint density at radius 1 is 0.950 bits per heavy atom. The first kappa shape index (κ1) is 14.3. The third kappa shape index (κ3) is 3.23. The Kier molecular flexibility index (Phi) is 3.89. The molecule has 0 unspecified atom stereocenters. The molecular weight excluding hydrogens is 250 g/mol. The Morgan fingerprint density at radius 3 is 2.30 bits per heavy atom. The zero-order valence-corrected chi connectivity index (χ0v) is 12.1. The van der Waals surface area contributed by atoms with Gasteiger partial charge in [-0.25, -0.2) is 0 Å². The SMILES string of the molecule is CC(C)(C)c1ccc(O)c(CNc2ccccc2O)c1. The van der Waals surface area contributed by atoms with E-state index in [1.54, 1.807) is 24.3 Å². The van der Waals surface area contributed by atoms with Gasteiger partial charge in [-0.05, 0) is 35.2 Å². The largest absolute Gasteiger partial charge is 0.508 e. The van der Waals surface area contributed by atoms with Crippen molar-refractivity contribution in [2.75, 3.05) is 5.32 Å². The Morgan fingerprint density at radius 2 is 1.65 bits per heavy atom. The van der Waals surface area contributed by atoms with E-state index in [1.165, 1.54) is 5.56 Å².